The number of hydrogen-bond donors (Lipinski definition) is 1. The van der Waals surface area contributed by atoms with E-state index in [-0.39, 0.29) is 0 Å². The van der Waals surface area contributed by atoms with Gasteiger partial charge < -0.3 is 4.74 Å². The molecule has 2 atom stereocenters. The molecule has 1 N–H and O–H groups in total. The van der Waals surface area contributed by atoms with Crippen LogP contribution in [-0.2, 0) is 4.74 Å². The monoisotopic (exact) mass is 264 g/mol. The van der Waals surface area contributed by atoms with E-state index in [1.807, 2.05) is 0 Å². The van der Waals surface area contributed by atoms with Crippen LogP contribution in [0.4, 0.5) is 0 Å². The van der Waals surface area contributed by atoms with Crippen LogP contribution in [-0.4, -0.2) is 18.4 Å². The first kappa shape index (κ1) is 14.6. The number of nitrogens with one attached hydrogen (secondary N) is 1. The van der Waals surface area contributed by atoms with Crippen LogP contribution < -0.4 is 5.43 Å². The first-order chi connectivity index (χ1) is 9.08. The molecule has 1 heterocycles. The fraction of sp³-hybridized carbons (Fsp3) is 0.812. The van der Waals surface area contributed by atoms with E-state index in [0.29, 0.717) is 24.0 Å². The first-order valence-electron chi connectivity index (χ1n) is 7.75. The molecule has 0 amide bonds. The molecule has 19 heavy (non-hydrogen) atoms. The Kier molecular flexibility index (Phi) is 5.03. The minimum atomic E-state index is 0.338. The summed E-state index contributed by atoms with van der Waals surface area (Å²) in [5.41, 5.74) is 6.15. The van der Waals surface area contributed by atoms with Gasteiger partial charge in [-0.25, -0.2) is 0 Å². The molecule has 3 heteroatoms. The van der Waals surface area contributed by atoms with Crippen molar-refractivity contribution in [1.82, 2.24) is 5.43 Å². The third-order valence-corrected chi connectivity index (χ3v) is 4.05. The van der Waals surface area contributed by atoms with Gasteiger partial charge in [0.05, 0.1) is 12.2 Å². The molecular weight excluding hydrogens is 236 g/mol. The van der Waals surface area contributed by atoms with Gasteiger partial charge in [0.2, 0.25) is 0 Å². The van der Waals surface area contributed by atoms with Crippen LogP contribution in [0.3, 0.4) is 0 Å². The van der Waals surface area contributed by atoms with Crippen LogP contribution in [0.15, 0.2) is 16.4 Å². The standard InChI is InChI=1S/C16H28N2O/c1-11(2)16-15-9-8-14(19-12(3)4)7-5-6-13(15)10-17-18-16/h10-14,18H,5-9H2,1-4H3. The predicted molar refractivity (Wildman–Crippen MR) is 80.1 cm³/mol. The molecule has 0 radical (unpaired) electrons. The lowest BCUT2D eigenvalue weighted by Gasteiger charge is -2.31. The average molecular weight is 264 g/mol. The lowest BCUT2D eigenvalue weighted by Crippen LogP contribution is -2.28. The molecule has 1 aliphatic carbocycles. The van der Waals surface area contributed by atoms with Crippen molar-refractivity contribution in [3.8, 4) is 0 Å². The van der Waals surface area contributed by atoms with Crippen LogP contribution in [0, 0.1) is 11.8 Å². The number of hydrogen-bond acceptors (Lipinski definition) is 3. The van der Waals surface area contributed by atoms with Gasteiger partial charge in [-0.05, 0) is 57.4 Å². The highest BCUT2D eigenvalue weighted by Gasteiger charge is 2.26. The molecule has 0 aromatic carbocycles. The normalized spacial score (nSPS) is 28.1. The maximum Gasteiger partial charge on any atom is 0.0581 e. The van der Waals surface area contributed by atoms with E-state index >= 15 is 0 Å². The molecule has 0 saturated heterocycles. The summed E-state index contributed by atoms with van der Waals surface area (Å²) in [5.74, 6) is 1.08. The quantitative estimate of drug-likeness (QED) is 0.839. The fourth-order valence-electron chi connectivity index (χ4n) is 3.17. The summed E-state index contributed by atoms with van der Waals surface area (Å²) in [6.07, 6.45) is 8.82. The summed E-state index contributed by atoms with van der Waals surface area (Å²) in [4.78, 5) is 0. The maximum atomic E-state index is 6.03. The minimum Gasteiger partial charge on any atom is -0.376 e. The van der Waals surface area contributed by atoms with Crippen molar-refractivity contribution in [3.05, 3.63) is 11.3 Å². The summed E-state index contributed by atoms with van der Waals surface area (Å²) in [5, 5.41) is 4.34. The van der Waals surface area contributed by atoms with Crippen molar-refractivity contribution in [2.75, 3.05) is 0 Å². The molecule has 1 fully saturated rings. The van der Waals surface area contributed by atoms with Crippen molar-refractivity contribution in [1.29, 1.82) is 0 Å². The van der Waals surface area contributed by atoms with Gasteiger partial charge in [0.15, 0.2) is 0 Å². The lowest BCUT2D eigenvalue weighted by molar-refractivity contribution is -0.00440. The lowest BCUT2D eigenvalue weighted by atomic mass is 9.82. The molecule has 3 nitrogen and oxygen atoms in total. The second-order valence-corrected chi connectivity index (χ2v) is 6.37. The molecule has 0 spiro atoms. The summed E-state index contributed by atoms with van der Waals surface area (Å²) < 4.78 is 6.03. The van der Waals surface area contributed by atoms with E-state index in [1.165, 1.54) is 25.0 Å². The Morgan fingerprint density at radius 2 is 2.00 bits per heavy atom. The largest absolute Gasteiger partial charge is 0.376 e. The number of hydrazone groups is 1. The summed E-state index contributed by atoms with van der Waals surface area (Å²) >= 11 is 0. The molecule has 1 saturated carbocycles. The van der Waals surface area contributed by atoms with Gasteiger partial charge in [0.25, 0.3) is 0 Å². The number of allylic oxidation sites excluding steroid dienone is 2. The first-order valence-corrected chi connectivity index (χ1v) is 7.75. The zero-order valence-electron chi connectivity index (χ0n) is 12.8. The number of nitrogens with zero attached hydrogens (tertiary/aromatic N) is 1. The van der Waals surface area contributed by atoms with E-state index in [4.69, 9.17) is 4.74 Å². The molecule has 0 bridgehead atoms. The number of rotatable bonds is 3. The zero-order chi connectivity index (χ0) is 13.8. The molecule has 2 unspecified atom stereocenters. The second kappa shape index (κ2) is 6.56. The Hall–Kier alpha value is -0.830. The summed E-state index contributed by atoms with van der Waals surface area (Å²) in [7, 11) is 0. The molecule has 2 rings (SSSR count). The number of ether oxygens (including phenoxy) is 1. The molecular formula is C16H28N2O. The highest BCUT2D eigenvalue weighted by atomic mass is 16.5. The smallest absolute Gasteiger partial charge is 0.0581 e. The Morgan fingerprint density at radius 3 is 2.68 bits per heavy atom. The molecule has 2 aliphatic rings. The molecule has 0 aromatic rings. The van der Waals surface area contributed by atoms with E-state index in [1.54, 1.807) is 5.57 Å². The highest BCUT2D eigenvalue weighted by molar-refractivity contribution is 5.67. The van der Waals surface area contributed by atoms with E-state index in [0.717, 1.165) is 12.8 Å². The van der Waals surface area contributed by atoms with Crippen LogP contribution in [0.25, 0.3) is 0 Å². The Bertz CT molecular complexity index is 358. The van der Waals surface area contributed by atoms with Crippen molar-refractivity contribution in [2.24, 2.45) is 16.9 Å². The van der Waals surface area contributed by atoms with Gasteiger partial charge in [-0.3, -0.25) is 5.43 Å². The van der Waals surface area contributed by atoms with Crippen molar-refractivity contribution in [3.63, 3.8) is 0 Å². The van der Waals surface area contributed by atoms with E-state index < -0.39 is 0 Å². The Balaban J connectivity index is 2.09. The molecule has 0 aromatic heterocycles. The molecule has 108 valence electrons. The maximum absolute atomic E-state index is 6.03. The minimum absolute atomic E-state index is 0.338. The predicted octanol–water partition coefficient (Wildman–Crippen LogP) is 3.86. The van der Waals surface area contributed by atoms with Gasteiger partial charge in [-0.1, -0.05) is 13.8 Å². The van der Waals surface area contributed by atoms with Gasteiger partial charge in [-0.15, -0.1) is 0 Å². The van der Waals surface area contributed by atoms with Gasteiger partial charge in [0.1, 0.15) is 0 Å². The SMILES string of the molecule is CC(C)OC1CCCC2C=NNC(C(C)C)=C2CC1. The highest BCUT2D eigenvalue weighted by Crippen LogP contribution is 2.33. The van der Waals surface area contributed by atoms with Crippen molar-refractivity contribution in [2.45, 2.75) is 72.0 Å². The zero-order valence-corrected chi connectivity index (χ0v) is 12.8. The van der Waals surface area contributed by atoms with Crippen LogP contribution in [0.5, 0.6) is 0 Å². The van der Waals surface area contributed by atoms with Crippen molar-refractivity contribution < 1.29 is 4.74 Å². The summed E-state index contributed by atoms with van der Waals surface area (Å²) in [6.45, 7) is 8.76. The molecule has 1 aliphatic heterocycles. The summed E-state index contributed by atoms with van der Waals surface area (Å²) in [6, 6.07) is 0. The van der Waals surface area contributed by atoms with Crippen molar-refractivity contribution >= 4 is 6.21 Å². The second-order valence-electron chi connectivity index (χ2n) is 6.37. The Labute approximate surface area is 117 Å². The third kappa shape index (κ3) is 3.82. The number of fused-ring (bicyclic) bond motifs is 1. The van der Waals surface area contributed by atoms with E-state index in [2.05, 4.69) is 44.4 Å². The van der Waals surface area contributed by atoms with Gasteiger partial charge >= 0.3 is 0 Å². The van der Waals surface area contributed by atoms with Crippen LogP contribution in [0.2, 0.25) is 0 Å². The average Bonchev–Trinajstić information content (AvgIpc) is 2.32. The third-order valence-electron chi connectivity index (χ3n) is 4.05. The topological polar surface area (TPSA) is 33.6 Å². The van der Waals surface area contributed by atoms with Crippen LogP contribution in [0.1, 0.15) is 59.8 Å². The van der Waals surface area contributed by atoms with Gasteiger partial charge in [-0.2, -0.15) is 5.10 Å². The Morgan fingerprint density at radius 1 is 1.21 bits per heavy atom. The fourth-order valence-corrected chi connectivity index (χ4v) is 3.17. The van der Waals surface area contributed by atoms with Crippen LogP contribution >= 0.6 is 0 Å². The van der Waals surface area contributed by atoms with Gasteiger partial charge in [0, 0.05) is 17.8 Å². The van der Waals surface area contributed by atoms with E-state index in [9.17, 15) is 0 Å².